The molecule has 51 heavy (non-hydrogen) atoms. The molecule has 12 heteroatoms. The van der Waals surface area contributed by atoms with Crippen molar-refractivity contribution < 1.29 is 28.8 Å². The van der Waals surface area contributed by atoms with Crippen LogP contribution in [0.2, 0.25) is 0 Å². The van der Waals surface area contributed by atoms with Gasteiger partial charge in [0.15, 0.2) is 23.2 Å². The summed E-state index contributed by atoms with van der Waals surface area (Å²) in [5.41, 5.74) is 5.55. The molecule has 3 N–H and O–H groups in total. The lowest BCUT2D eigenvalue weighted by Crippen LogP contribution is -2.47. The molecular weight excluding hydrogens is 648 g/mol. The van der Waals surface area contributed by atoms with Crippen molar-refractivity contribution in [3.05, 3.63) is 121 Å². The van der Waals surface area contributed by atoms with Gasteiger partial charge in [-0.05, 0) is 70.3 Å². The van der Waals surface area contributed by atoms with Crippen LogP contribution in [0.25, 0.3) is 33.4 Å². The van der Waals surface area contributed by atoms with Gasteiger partial charge in [0.1, 0.15) is 29.5 Å². The zero-order valence-electron chi connectivity index (χ0n) is 28.0. The van der Waals surface area contributed by atoms with Gasteiger partial charge in [0.05, 0.1) is 39.8 Å². The molecule has 0 saturated carbocycles. The number of carbonyl (C=O) groups excluding carboxylic acids is 1. The third-order valence-electron chi connectivity index (χ3n) is 9.62. The number of imidazole rings is 1. The van der Waals surface area contributed by atoms with Crippen molar-refractivity contribution in [2.75, 3.05) is 32.7 Å². The van der Waals surface area contributed by atoms with E-state index in [9.17, 15) is 9.90 Å². The lowest BCUT2D eigenvalue weighted by atomic mass is 9.94. The van der Waals surface area contributed by atoms with Crippen LogP contribution in [0.1, 0.15) is 22.1 Å². The van der Waals surface area contributed by atoms with E-state index in [2.05, 4.69) is 43.8 Å². The van der Waals surface area contributed by atoms with Gasteiger partial charge >= 0.3 is 0 Å². The summed E-state index contributed by atoms with van der Waals surface area (Å²) < 4.78 is 25.5. The number of aromatic nitrogens is 4. The van der Waals surface area contributed by atoms with Crippen LogP contribution in [0.3, 0.4) is 0 Å². The summed E-state index contributed by atoms with van der Waals surface area (Å²) in [7, 11) is 3.31. The van der Waals surface area contributed by atoms with Gasteiger partial charge in [0.25, 0.3) is 5.91 Å². The van der Waals surface area contributed by atoms with Gasteiger partial charge in [0, 0.05) is 12.1 Å². The summed E-state index contributed by atoms with van der Waals surface area (Å²) in [5.74, 6) is 1.55. The predicted octanol–water partition coefficient (Wildman–Crippen LogP) is 5.25. The second kappa shape index (κ2) is 13.6. The number of anilines is 1. The molecule has 2 aromatic heterocycles. The zero-order chi connectivity index (χ0) is 35.0. The summed E-state index contributed by atoms with van der Waals surface area (Å²) in [6, 6.07) is 30.7. The molecule has 2 bridgehead atoms. The lowest BCUT2D eigenvalue weighted by molar-refractivity contribution is -0.144. The molecule has 4 atom stereocenters. The molecule has 2 aliphatic rings. The molecular formula is C39H36N6O6. The Kier molecular flexibility index (Phi) is 8.66. The molecule has 2 aliphatic heterocycles. The first-order chi connectivity index (χ1) is 25.0. The minimum atomic E-state index is -0.993. The van der Waals surface area contributed by atoms with E-state index in [0.717, 1.165) is 39.3 Å². The summed E-state index contributed by atoms with van der Waals surface area (Å²) in [4.78, 5) is 26.1. The topological polar surface area (TPSA) is 142 Å². The Labute approximate surface area is 294 Å². The third kappa shape index (κ3) is 6.08. The molecule has 8 rings (SSSR count). The van der Waals surface area contributed by atoms with Crippen molar-refractivity contribution in [3.63, 3.8) is 0 Å². The first kappa shape index (κ1) is 32.5. The van der Waals surface area contributed by atoms with Gasteiger partial charge in [0.2, 0.25) is 0 Å². The van der Waals surface area contributed by atoms with Gasteiger partial charge in [-0.2, -0.15) is 0 Å². The summed E-state index contributed by atoms with van der Waals surface area (Å²) in [6.07, 6.45) is 1.50. The number of morpholine rings is 1. The maximum atomic E-state index is 12.8. The van der Waals surface area contributed by atoms with Crippen LogP contribution in [0.4, 0.5) is 5.82 Å². The largest absolute Gasteiger partial charge is 0.497 e. The predicted molar refractivity (Wildman–Crippen MR) is 190 cm³/mol. The number of carbonyl (C=O) groups is 1. The van der Waals surface area contributed by atoms with E-state index in [-0.39, 0.29) is 18.3 Å². The van der Waals surface area contributed by atoms with E-state index in [4.69, 9.17) is 18.9 Å². The summed E-state index contributed by atoms with van der Waals surface area (Å²) in [6.45, 7) is 0.858. The number of benzene rings is 4. The maximum absolute atomic E-state index is 12.8. The lowest BCUT2D eigenvalue weighted by Gasteiger charge is -2.31. The smallest absolute Gasteiger partial charge is 0.256 e. The number of hydrogen-bond donors (Lipinski definition) is 3. The van der Waals surface area contributed by atoms with Crippen molar-refractivity contribution in [2.24, 2.45) is 0 Å². The molecule has 0 spiro atoms. The Bertz CT molecular complexity index is 2180. The Morgan fingerprint density at radius 1 is 0.922 bits per heavy atom. The molecule has 0 aliphatic carbocycles. The SMILES string of the molecule is COc1ccc(-c2ccc(COC[C@@]34CN[C@@H]([C@H](n5cnc6c(NC(=O)c7ccccc7)ncnc65)O3)[C@@H]4O)c(-c3ccc(OC)cc3)c2)cc1. The summed E-state index contributed by atoms with van der Waals surface area (Å²) in [5, 5.41) is 17.7. The van der Waals surface area contributed by atoms with E-state index in [0.29, 0.717) is 29.9 Å². The minimum absolute atomic E-state index is 0.149. The Balaban J connectivity index is 1.01. The van der Waals surface area contributed by atoms with E-state index in [1.807, 2.05) is 54.6 Å². The number of aliphatic hydroxyl groups is 1. The van der Waals surface area contributed by atoms with E-state index < -0.39 is 24.0 Å². The second-order valence-electron chi connectivity index (χ2n) is 12.6. The van der Waals surface area contributed by atoms with E-state index in [1.54, 1.807) is 49.4 Å². The van der Waals surface area contributed by atoms with Crippen LogP contribution < -0.4 is 20.1 Å². The molecule has 258 valence electrons. The number of rotatable bonds is 11. The molecule has 6 aromatic rings. The quantitative estimate of drug-likeness (QED) is 0.166. The molecule has 1 amide bonds. The number of hydrogen-bond acceptors (Lipinski definition) is 10. The van der Waals surface area contributed by atoms with Crippen LogP contribution in [0, 0.1) is 0 Å². The van der Waals surface area contributed by atoms with Crippen LogP contribution in [-0.4, -0.2) is 75.7 Å². The monoisotopic (exact) mass is 684 g/mol. The molecule has 4 aromatic carbocycles. The highest BCUT2D eigenvalue weighted by molar-refractivity contribution is 6.06. The standard InChI is InChI=1S/C39H36N6O6/c1-48-29-14-10-24(11-15-29)27-8-9-28(31(18-27)25-12-16-30(49-2)17-13-25)19-50-21-39-20-40-32(34(39)46)38(51-39)45-23-43-33-35(41-22-42-36(33)45)44-37(47)26-6-4-3-5-7-26/h3-18,22-23,32,34,38,40,46H,19-21H2,1-2H3,(H,41,42,44,47)/t32-,34+,38-,39-/m1/s1. The van der Waals surface area contributed by atoms with Crippen LogP contribution in [0.15, 0.2) is 110 Å². The van der Waals surface area contributed by atoms with Gasteiger partial charge < -0.3 is 34.7 Å². The van der Waals surface area contributed by atoms with E-state index in [1.165, 1.54) is 6.33 Å². The molecule has 0 unspecified atom stereocenters. The Morgan fingerprint density at radius 2 is 1.63 bits per heavy atom. The highest BCUT2D eigenvalue weighted by Crippen LogP contribution is 2.43. The van der Waals surface area contributed by atoms with Crippen molar-refractivity contribution in [2.45, 2.75) is 30.6 Å². The maximum Gasteiger partial charge on any atom is 0.256 e. The average molecular weight is 685 g/mol. The second-order valence-corrected chi connectivity index (χ2v) is 12.6. The average Bonchev–Trinajstić information content (AvgIpc) is 3.84. The first-order valence-corrected chi connectivity index (χ1v) is 16.6. The number of nitrogens with one attached hydrogen (secondary N) is 2. The summed E-state index contributed by atoms with van der Waals surface area (Å²) >= 11 is 0. The van der Waals surface area contributed by atoms with Crippen molar-refractivity contribution in [1.29, 1.82) is 0 Å². The zero-order valence-corrected chi connectivity index (χ0v) is 28.0. The van der Waals surface area contributed by atoms with Gasteiger partial charge in [-0.25, -0.2) is 15.0 Å². The number of nitrogens with zero attached hydrogens (tertiary/aromatic N) is 4. The normalized spacial score (nSPS) is 20.8. The fourth-order valence-electron chi connectivity index (χ4n) is 6.85. The highest BCUT2D eigenvalue weighted by Gasteiger charge is 2.60. The third-order valence-corrected chi connectivity index (χ3v) is 9.62. The van der Waals surface area contributed by atoms with Crippen molar-refractivity contribution in [3.8, 4) is 33.8 Å². The van der Waals surface area contributed by atoms with Crippen LogP contribution in [0.5, 0.6) is 11.5 Å². The number of fused-ring (bicyclic) bond motifs is 3. The van der Waals surface area contributed by atoms with Gasteiger partial charge in [-0.1, -0.05) is 54.6 Å². The highest BCUT2D eigenvalue weighted by atomic mass is 16.6. The number of amides is 1. The Morgan fingerprint density at radius 3 is 2.35 bits per heavy atom. The van der Waals surface area contributed by atoms with Crippen LogP contribution >= 0.6 is 0 Å². The molecule has 2 fully saturated rings. The number of aliphatic hydroxyl groups excluding tert-OH is 1. The molecule has 4 heterocycles. The van der Waals surface area contributed by atoms with Crippen LogP contribution in [-0.2, 0) is 16.1 Å². The number of ether oxygens (including phenoxy) is 4. The fraction of sp³-hybridized carbons (Fsp3) is 0.231. The Hall–Kier alpha value is -5.66. The van der Waals surface area contributed by atoms with E-state index >= 15 is 0 Å². The number of methoxy groups -OCH3 is 2. The van der Waals surface area contributed by atoms with Crippen molar-refractivity contribution in [1.82, 2.24) is 24.8 Å². The minimum Gasteiger partial charge on any atom is -0.497 e. The van der Waals surface area contributed by atoms with Gasteiger partial charge in [-0.3, -0.25) is 9.36 Å². The first-order valence-electron chi connectivity index (χ1n) is 16.6. The molecule has 12 nitrogen and oxygen atoms in total. The fourth-order valence-corrected chi connectivity index (χ4v) is 6.85. The molecule has 0 radical (unpaired) electrons. The van der Waals surface area contributed by atoms with Crippen molar-refractivity contribution >= 4 is 22.9 Å². The molecule has 2 saturated heterocycles. The van der Waals surface area contributed by atoms with Gasteiger partial charge in [-0.15, -0.1) is 0 Å².